The summed E-state index contributed by atoms with van der Waals surface area (Å²) in [5.41, 5.74) is 4.36. The van der Waals surface area contributed by atoms with Crippen molar-refractivity contribution >= 4 is 33.9 Å². The number of rotatable bonds is 2. The molecule has 24 heavy (non-hydrogen) atoms. The first-order chi connectivity index (χ1) is 11.6. The zero-order valence-corrected chi connectivity index (χ0v) is 13.5. The summed E-state index contributed by atoms with van der Waals surface area (Å²) in [5.74, 6) is -0.516. The van der Waals surface area contributed by atoms with E-state index in [2.05, 4.69) is 4.98 Å². The number of imide groups is 1. The fourth-order valence-electron chi connectivity index (χ4n) is 3.34. The largest absolute Gasteiger partial charge is 0.358 e. The minimum Gasteiger partial charge on any atom is -0.358 e. The van der Waals surface area contributed by atoms with Crippen LogP contribution in [-0.2, 0) is 9.59 Å². The van der Waals surface area contributed by atoms with Crippen molar-refractivity contribution in [3.8, 4) is 0 Å². The van der Waals surface area contributed by atoms with Gasteiger partial charge in [0.15, 0.2) is 0 Å². The Kier molecular flexibility index (Phi) is 3.13. The van der Waals surface area contributed by atoms with Crippen molar-refractivity contribution < 1.29 is 9.59 Å². The van der Waals surface area contributed by atoms with Gasteiger partial charge in [0.1, 0.15) is 0 Å². The predicted molar refractivity (Wildman–Crippen MR) is 94.1 cm³/mol. The topological polar surface area (TPSA) is 53.2 Å². The minimum absolute atomic E-state index is 0.258. The number of nitrogens with one attached hydrogen (secondary N) is 1. The molecule has 0 bridgehead atoms. The van der Waals surface area contributed by atoms with Gasteiger partial charge >= 0.3 is 0 Å². The molecule has 4 nitrogen and oxygen atoms in total. The number of carbonyl (C=O) groups is 2. The molecule has 0 radical (unpaired) electrons. The number of aromatic nitrogens is 1. The first kappa shape index (κ1) is 14.5. The van der Waals surface area contributed by atoms with Gasteiger partial charge in [-0.15, -0.1) is 0 Å². The van der Waals surface area contributed by atoms with Gasteiger partial charge in [-0.1, -0.05) is 48.5 Å². The lowest BCUT2D eigenvalue weighted by atomic mass is 9.94. The summed E-state index contributed by atoms with van der Waals surface area (Å²) in [6, 6.07) is 17.2. The highest BCUT2D eigenvalue weighted by atomic mass is 16.2. The van der Waals surface area contributed by atoms with Crippen molar-refractivity contribution in [2.75, 3.05) is 7.05 Å². The number of likely N-dealkylation sites (N-methyl/N-ethyl adjacent to an activating group) is 1. The summed E-state index contributed by atoms with van der Waals surface area (Å²) in [6.07, 6.45) is 0. The van der Waals surface area contributed by atoms with Crippen LogP contribution in [0.5, 0.6) is 0 Å². The first-order valence-corrected chi connectivity index (χ1v) is 7.79. The average molecular weight is 316 g/mol. The molecule has 1 aliphatic rings. The molecular weight excluding hydrogens is 300 g/mol. The molecule has 0 fully saturated rings. The standard InChI is InChI=1S/C20H16N2O2/c1-12-16(14-10-6-7-11-15(14)21-12)18-17(13-8-4-3-5-9-13)19(23)22(2)20(18)24/h3-11,21H,1-2H3. The lowest BCUT2D eigenvalue weighted by Gasteiger charge is -2.06. The normalized spacial score (nSPS) is 15.0. The minimum atomic E-state index is -0.258. The highest BCUT2D eigenvalue weighted by Gasteiger charge is 2.38. The summed E-state index contributed by atoms with van der Waals surface area (Å²) >= 11 is 0. The van der Waals surface area contributed by atoms with E-state index in [0.29, 0.717) is 11.1 Å². The monoisotopic (exact) mass is 316 g/mol. The van der Waals surface area contributed by atoms with E-state index in [4.69, 9.17) is 0 Å². The van der Waals surface area contributed by atoms with Gasteiger partial charge in [0.25, 0.3) is 11.8 Å². The summed E-state index contributed by atoms with van der Waals surface area (Å²) in [6.45, 7) is 1.93. The number of benzene rings is 2. The number of hydrogen-bond donors (Lipinski definition) is 1. The van der Waals surface area contributed by atoms with Gasteiger partial charge in [0.05, 0.1) is 11.1 Å². The molecule has 4 heteroatoms. The molecule has 0 saturated carbocycles. The summed E-state index contributed by atoms with van der Waals surface area (Å²) in [5, 5.41) is 0.954. The number of carbonyl (C=O) groups excluding carboxylic acids is 2. The van der Waals surface area contributed by atoms with Crippen LogP contribution in [0, 0.1) is 6.92 Å². The van der Waals surface area contributed by atoms with Crippen LogP contribution in [0.1, 0.15) is 16.8 Å². The molecule has 0 atom stereocenters. The molecule has 0 spiro atoms. The van der Waals surface area contributed by atoms with E-state index in [1.807, 2.05) is 61.5 Å². The van der Waals surface area contributed by atoms with E-state index in [9.17, 15) is 9.59 Å². The number of hydrogen-bond acceptors (Lipinski definition) is 2. The second kappa shape index (κ2) is 5.20. The molecule has 4 rings (SSSR count). The maximum absolute atomic E-state index is 12.8. The molecule has 1 aliphatic heterocycles. The van der Waals surface area contributed by atoms with Crippen LogP contribution < -0.4 is 0 Å². The Morgan fingerprint density at radius 2 is 1.46 bits per heavy atom. The molecule has 1 aromatic heterocycles. The van der Waals surface area contributed by atoms with Crippen LogP contribution in [0.4, 0.5) is 0 Å². The van der Waals surface area contributed by atoms with Gasteiger partial charge < -0.3 is 4.98 Å². The Morgan fingerprint density at radius 1 is 0.833 bits per heavy atom. The fraction of sp³-hybridized carbons (Fsp3) is 0.100. The van der Waals surface area contributed by atoms with Gasteiger partial charge in [0.2, 0.25) is 0 Å². The zero-order valence-electron chi connectivity index (χ0n) is 13.5. The predicted octanol–water partition coefficient (Wildman–Crippen LogP) is 3.39. The molecule has 118 valence electrons. The lowest BCUT2D eigenvalue weighted by Crippen LogP contribution is -2.26. The van der Waals surface area contributed by atoms with Gasteiger partial charge in [0, 0.05) is 29.2 Å². The third-order valence-electron chi connectivity index (χ3n) is 4.49. The average Bonchev–Trinajstić information content (AvgIpc) is 3.04. The van der Waals surface area contributed by atoms with Crippen LogP contribution in [0.15, 0.2) is 54.6 Å². The smallest absolute Gasteiger partial charge is 0.262 e. The third kappa shape index (κ3) is 1.93. The SMILES string of the molecule is Cc1[nH]c2ccccc2c1C1=C(c2ccccc2)C(=O)N(C)C1=O. The van der Waals surface area contributed by atoms with Gasteiger partial charge in [-0.2, -0.15) is 0 Å². The van der Waals surface area contributed by atoms with E-state index >= 15 is 0 Å². The summed E-state index contributed by atoms with van der Waals surface area (Å²) < 4.78 is 0. The molecular formula is C20H16N2O2. The second-order valence-electron chi connectivity index (χ2n) is 5.96. The van der Waals surface area contributed by atoms with Gasteiger partial charge in [-0.3, -0.25) is 14.5 Å². The summed E-state index contributed by atoms with van der Waals surface area (Å²) in [4.78, 5) is 30.0. The first-order valence-electron chi connectivity index (χ1n) is 7.79. The maximum atomic E-state index is 12.8. The number of H-pyrrole nitrogens is 1. The number of amides is 2. The molecule has 0 saturated heterocycles. The Labute approximate surface area is 139 Å². The maximum Gasteiger partial charge on any atom is 0.262 e. The van der Waals surface area contributed by atoms with E-state index in [1.165, 1.54) is 11.9 Å². The zero-order chi connectivity index (χ0) is 16.8. The van der Waals surface area contributed by atoms with E-state index in [-0.39, 0.29) is 11.8 Å². The van der Waals surface area contributed by atoms with Crippen LogP contribution in [-0.4, -0.2) is 28.7 Å². The Balaban J connectivity index is 2.09. The quantitative estimate of drug-likeness (QED) is 0.737. The Bertz CT molecular complexity index is 1010. The molecule has 2 aromatic carbocycles. The van der Waals surface area contributed by atoms with Crippen molar-refractivity contribution in [1.29, 1.82) is 0 Å². The molecule has 2 amide bonds. The number of aromatic amines is 1. The van der Waals surface area contributed by atoms with Crippen molar-refractivity contribution in [2.45, 2.75) is 6.92 Å². The van der Waals surface area contributed by atoms with Crippen LogP contribution in [0.25, 0.3) is 22.0 Å². The Hall–Kier alpha value is -3.14. The Morgan fingerprint density at radius 3 is 2.21 bits per heavy atom. The van der Waals surface area contributed by atoms with Crippen molar-refractivity contribution in [1.82, 2.24) is 9.88 Å². The van der Waals surface area contributed by atoms with Crippen LogP contribution >= 0.6 is 0 Å². The molecule has 2 heterocycles. The number of fused-ring (bicyclic) bond motifs is 1. The van der Waals surface area contributed by atoms with Crippen LogP contribution in [0.2, 0.25) is 0 Å². The van der Waals surface area contributed by atoms with Crippen LogP contribution in [0.3, 0.4) is 0 Å². The van der Waals surface area contributed by atoms with E-state index in [0.717, 1.165) is 27.7 Å². The molecule has 1 N–H and O–H groups in total. The second-order valence-corrected chi connectivity index (χ2v) is 5.96. The van der Waals surface area contributed by atoms with Crippen molar-refractivity contribution in [3.63, 3.8) is 0 Å². The van der Waals surface area contributed by atoms with E-state index in [1.54, 1.807) is 0 Å². The number of nitrogens with zero attached hydrogens (tertiary/aromatic N) is 1. The van der Waals surface area contributed by atoms with Gasteiger partial charge in [-0.05, 0) is 18.6 Å². The van der Waals surface area contributed by atoms with Gasteiger partial charge in [-0.25, -0.2) is 0 Å². The van der Waals surface area contributed by atoms with Crippen molar-refractivity contribution in [2.24, 2.45) is 0 Å². The number of para-hydroxylation sites is 1. The molecule has 0 aliphatic carbocycles. The number of aryl methyl sites for hydroxylation is 1. The highest BCUT2D eigenvalue weighted by Crippen LogP contribution is 2.39. The fourth-order valence-corrected chi connectivity index (χ4v) is 3.34. The van der Waals surface area contributed by atoms with E-state index < -0.39 is 0 Å². The van der Waals surface area contributed by atoms with Crippen molar-refractivity contribution in [3.05, 3.63) is 71.4 Å². The summed E-state index contributed by atoms with van der Waals surface area (Å²) in [7, 11) is 1.53. The molecule has 0 unspecified atom stereocenters. The molecule has 3 aromatic rings. The lowest BCUT2D eigenvalue weighted by molar-refractivity contribution is -0.134. The third-order valence-corrected chi connectivity index (χ3v) is 4.49. The highest BCUT2D eigenvalue weighted by molar-refractivity contribution is 6.49.